The molecule has 5 heteroatoms. The molecule has 1 aromatic carbocycles. The normalized spacial score (nSPS) is 13.6. The molecule has 0 aliphatic carbocycles. The van der Waals surface area contributed by atoms with Crippen LogP contribution in [0.15, 0.2) is 24.3 Å². The van der Waals surface area contributed by atoms with Crippen molar-refractivity contribution >= 4 is 0 Å². The summed E-state index contributed by atoms with van der Waals surface area (Å²) in [7, 11) is 0. The molecule has 0 bridgehead atoms. The van der Waals surface area contributed by atoms with E-state index in [0.29, 0.717) is 13.0 Å². The number of alkyl halides is 3. The maximum absolute atomic E-state index is 11.9. The van der Waals surface area contributed by atoms with Gasteiger partial charge in [0.05, 0.1) is 0 Å². The van der Waals surface area contributed by atoms with Crippen molar-refractivity contribution in [3.63, 3.8) is 0 Å². The molecular weight excluding hydrogens is 243 g/mol. The summed E-state index contributed by atoms with van der Waals surface area (Å²) in [5, 5.41) is 12.4. The Hall–Kier alpha value is -1.23. The van der Waals surface area contributed by atoms with Crippen LogP contribution < -0.4 is 5.32 Å². The molecule has 18 heavy (non-hydrogen) atoms. The van der Waals surface area contributed by atoms with Crippen LogP contribution in [0.4, 0.5) is 13.2 Å². The van der Waals surface area contributed by atoms with Crippen LogP contribution in [0.3, 0.4) is 0 Å². The van der Waals surface area contributed by atoms with E-state index >= 15 is 0 Å². The molecule has 0 saturated heterocycles. The number of phenolic OH excluding ortho intramolecular Hbond substituents is 1. The monoisotopic (exact) mass is 261 g/mol. The van der Waals surface area contributed by atoms with Crippen molar-refractivity contribution < 1.29 is 18.3 Å². The summed E-state index contributed by atoms with van der Waals surface area (Å²) in [6.07, 6.45) is -4.15. The summed E-state index contributed by atoms with van der Waals surface area (Å²) in [4.78, 5) is 0. The van der Waals surface area contributed by atoms with Crippen molar-refractivity contribution in [1.82, 2.24) is 5.32 Å². The standard InChI is InChI=1S/C13H18F3NO/c1-10(11-5-4-6-12(18)9-11)17-8-3-2-7-13(14,15)16/h4-6,9-10,17-18H,2-3,7-8H2,1H3. The zero-order valence-corrected chi connectivity index (χ0v) is 10.3. The summed E-state index contributed by atoms with van der Waals surface area (Å²) in [5.41, 5.74) is 0.922. The third-order valence-electron chi connectivity index (χ3n) is 2.71. The van der Waals surface area contributed by atoms with E-state index in [1.807, 2.05) is 13.0 Å². The highest BCUT2D eigenvalue weighted by atomic mass is 19.4. The first-order valence-electron chi connectivity index (χ1n) is 5.97. The summed E-state index contributed by atoms with van der Waals surface area (Å²) in [6.45, 7) is 2.45. The third-order valence-corrected chi connectivity index (χ3v) is 2.71. The Bertz CT molecular complexity index is 365. The van der Waals surface area contributed by atoms with Crippen LogP contribution in [0.2, 0.25) is 0 Å². The van der Waals surface area contributed by atoms with Gasteiger partial charge in [0.2, 0.25) is 0 Å². The van der Waals surface area contributed by atoms with E-state index in [1.165, 1.54) is 0 Å². The van der Waals surface area contributed by atoms with Gasteiger partial charge in [0.25, 0.3) is 0 Å². The lowest BCUT2D eigenvalue weighted by Gasteiger charge is -2.14. The molecule has 2 N–H and O–H groups in total. The van der Waals surface area contributed by atoms with Gasteiger partial charge >= 0.3 is 6.18 Å². The topological polar surface area (TPSA) is 32.3 Å². The van der Waals surface area contributed by atoms with Gasteiger partial charge in [-0.05, 0) is 44.0 Å². The van der Waals surface area contributed by atoms with Gasteiger partial charge in [-0.25, -0.2) is 0 Å². The number of unbranched alkanes of at least 4 members (excludes halogenated alkanes) is 1. The molecule has 0 aliphatic rings. The summed E-state index contributed by atoms with van der Waals surface area (Å²) in [5.74, 6) is 0.193. The van der Waals surface area contributed by atoms with Crippen LogP contribution in [0.5, 0.6) is 5.75 Å². The lowest BCUT2D eigenvalue weighted by Crippen LogP contribution is -2.20. The lowest BCUT2D eigenvalue weighted by molar-refractivity contribution is -0.135. The zero-order chi connectivity index (χ0) is 13.6. The molecule has 2 nitrogen and oxygen atoms in total. The summed E-state index contributed by atoms with van der Waals surface area (Å²) < 4.78 is 35.7. The number of benzene rings is 1. The maximum atomic E-state index is 11.9. The Kier molecular flexibility index (Phi) is 5.47. The Morgan fingerprint density at radius 1 is 1.28 bits per heavy atom. The van der Waals surface area contributed by atoms with E-state index in [0.717, 1.165) is 5.56 Å². The van der Waals surface area contributed by atoms with Crippen LogP contribution in [-0.2, 0) is 0 Å². The highest BCUT2D eigenvalue weighted by Crippen LogP contribution is 2.22. The molecule has 0 amide bonds. The number of nitrogens with one attached hydrogen (secondary N) is 1. The second-order valence-corrected chi connectivity index (χ2v) is 4.34. The largest absolute Gasteiger partial charge is 0.508 e. The molecule has 0 aromatic heterocycles. The van der Waals surface area contributed by atoms with E-state index in [2.05, 4.69) is 5.32 Å². The molecule has 0 radical (unpaired) electrons. The molecule has 0 spiro atoms. The van der Waals surface area contributed by atoms with Gasteiger partial charge in [-0.3, -0.25) is 0 Å². The fourth-order valence-corrected chi connectivity index (χ4v) is 1.68. The Morgan fingerprint density at radius 2 is 2.00 bits per heavy atom. The van der Waals surface area contributed by atoms with Crippen molar-refractivity contribution in [3.05, 3.63) is 29.8 Å². The summed E-state index contributed by atoms with van der Waals surface area (Å²) >= 11 is 0. The van der Waals surface area contributed by atoms with Crippen LogP contribution in [0.25, 0.3) is 0 Å². The Morgan fingerprint density at radius 3 is 2.61 bits per heavy atom. The van der Waals surface area contributed by atoms with Gasteiger partial charge < -0.3 is 10.4 Å². The molecular formula is C13H18F3NO. The van der Waals surface area contributed by atoms with E-state index < -0.39 is 12.6 Å². The van der Waals surface area contributed by atoms with Gasteiger partial charge in [-0.15, -0.1) is 0 Å². The first-order valence-corrected chi connectivity index (χ1v) is 5.97. The van der Waals surface area contributed by atoms with Crippen LogP contribution in [-0.4, -0.2) is 17.8 Å². The molecule has 102 valence electrons. The fourth-order valence-electron chi connectivity index (χ4n) is 1.68. The van der Waals surface area contributed by atoms with E-state index in [-0.39, 0.29) is 18.2 Å². The van der Waals surface area contributed by atoms with Gasteiger partial charge in [0, 0.05) is 12.5 Å². The maximum Gasteiger partial charge on any atom is 0.389 e. The van der Waals surface area contributed by atoms with Crippen molar-refractivity contribution in [2.24, 2.45) is 0 Å². The van der Waals surface area contributed by atoms with E-state index in [4.69, 9.17) is 0 Å². The van der Waals surface area contributed by atoms with Crippen LogP contribution >= 0.6 is 0 Å². The highest BCUT2D eigenvalue weighted by Gasteiger charge is 2.25. The van der Waals surface area contributed by atoms with Crippen molar-refractivity contribution in [3.8, 4) is 5.75 Å². The number of rotatable bonds is 6. The summed E-state index contributed by atoms with van der Waals surface area (Å²) in [6, 6.07) is 6.86. The minimum Gasteiger partial charge on any atom is -0.508 e. The molecule has 0 heterocycles. The van der Waals surface area contributed by atoms with E-state index in [9.17, 15) is 18.3 Å². The second kappa shape index (κ2) is 6.64. The first kappa shape index (κ1) is 14.8. The van der Waals surface area contributed by atoms with E-state index in [1.54, 1.807) is 18.2 Å². The molecule has 0 saturated carbocycles. The van der Waals surface area contributed by atoms with Crippen molar-refractivity contribution in [2.45, 2.75) is 38.4 Å². The Balaban J connectivity index is 2.23. The fraction of sp³-hybridized carbons (Fsp3) is 0.538. The van der Waals surface area contributed by atoms with Gasteiger partial charge in [-0.2, -0.15) is 13.2 Å². The zero-order valence-electron chi connectivity index (χ0n) is 10.3. The van der Waals surface area contributed by atoms with Crippen LogP contribution in [0, 0.1) is 0 Å². The smallest absolute Gasteiger partial charge is 0.389 e. The highest BCUT2D eigenvalue weighted by molar-refractivity contribution is 5.28. The lowest BCUT2D eigenvalue weighted by atomic mass is 10.1. The average Bonchev–Trinajstić information content (AvgIpc) is 2.26. The van der Waals surface area contributed by atoms with Gasteiger partial charge in [-0.1, -0.05) is 12.1 Å². The minimum atomic E-state index is -4.06. The molecule has 1 aromatic rings. The second-order valence-electron chi connectivity index (χ2n) is 4.34. The molecule has 1 unspecified atom stereocenters. The third kappa shape index (κ3) is 5.91. The number of phenols is 1. The van der Waals surface area contributed by atoms with Gasteiger partial charge in [0.1, 0.15) is 5.75 Å². The SMILES string of the molecule is CC(NCCCCC(F)(F)F)c1cccc(O)c1. The molecule has 1 atom stereocenters. The number of halogens is 3. The first-order chi connectivity index (χ1) is 8.38. The van der Waals surface area contributed by atoms with Crippen molar-refractivity contribution in [2.75, 3.05) is 6.54 Å². The predicted octanol–water partition coefficient (Wildman–Crippen LogP) is 3.78. The quantitative estimate of drug-likeness (QED) is 0.764. The molecule has 0 fully saturated rings. The number of hydrogen-bond acceptors (Lipinski definition) is 2. The average molecular weight is 261 g/mol. The predicted molar refractivity (Wildman–Crippen MR) is 64.4 cm³/mol. The number of hydrogen-bond donors (Lipinski definition) is 2. The van der Waals surface area contributed by atoms with Gasteiger partial charge in [0.15, 0.2) is 0 Å². The minimum absolute atomic E-state index is 0.0167. The Labute approximate surface area is 105 Å². The number of aromatic hydroxyl groups is 1. The molecule has 0 aliphatic heterocycles. The van der Waals surface area contributed by atoms with Crippen LogP contribution in [0.1, 0.15) is 37.8 Å². The molecule has 1 rings (SSSR count). The van der Waals surface area contributed by atoms with Crippen molar-refractivity contribution in [1.29, 1.82) is 0 Å².